The van der Waals surface area contributed by atoms with E-state index in [9.17, 15) is 9.59 Å². The Morgan fingerprint density at radius 1 is 1.35 bits per heavy atom. The van der Waals surface area contributed by atoms with Gasteiger partial charge in [0.2, 0.25) is 11.5 Å². The predicted octanol–water partition coefficient (Wildman–Crippen LogP) is 1.44. The molecule has 17 heavy (non-hydrogen) atoms. The Hall–Kier alpha value is -1.58. The van der Waals surface area contributed by atoms with Crippen molar-refractivity contribution in [3.05, 3.63) is 34.2 Å². The monoisotopic (exact) mass is 236 g/mol. The molecule has 4 heteroatoms. The number of hydrogen-bond acceptors (Lipinski definition) is 2. The van der Waals surface area contributed by atoms with Crippen LogP contribution in [0.1, 0.15) is 32.8 Å². The van der Waals surface area contributed by atoms with Gasteiger partial charge in [-0.1, -0.05) is 26.8 Å². The molecule has 0 spiro atoms. The number of carbonyl (C=O) groups excluding carboxylic acids is 1. The van der Waals surface area contributed by atoms with Gasteiger partial charge in [0.1, 0.15) is 0 Å². The summed E-state index contributed by atoms with van der Waals surface area (Å²) in [5.74, 6) is 0.0337. The number of nitrogens with one attached hydrogen (secondary N) is 1. The number of amides is 1. The molecular weight excluding hydrogens is 216 g/mol. The lowest BCUT2D eigenvalue weighted by Crippen LogP contribution is -2.27. The molecular formula is C13H20N2O2. The Balaban J connectivity index is 2.53. The van der Waals surface area contributed by atoms with E-state index in [1.165, 1.54) is 10.6 Å². The summed E-state index contributed by atoms with van der Waals surface area (Å²) >= 11 is 0. The average Bonchev–Trinajstić information content (AvgIpc) is 2.17. The predicted molar refractivity (Wildman–Crippen MR) is 67.6 cm³/mol. The molecule has 1 aromatic rings. The SMILES string of the molecule is Cn1cc(CNC(=O)CC(C)(C)C)ccc1=O. The van der Waals surface area contributed by atoms with Crippen LogP contribution < -0.4 is 10.9 Å². The van der Waals surface area contributed by atoms with Gasteiger partial charge < -0.3 is 9.88 Å². The van der Waals surface area contributed by atoms with E-state index in [1.54, 1.807) is 19.3 Å². The topological polar surface area (TPSA) is 51.1 Å². The highest BCUT2D eigenvalue weighted by atomic mass is 16.1. The molecule has 0 atom stereocenters. The number of nitrogens with zero attached hydrogens (tertiary/aromatic N) is 1. The van der Waals surface area contributed by atoms with Crippen LogP contribution in [0.2, 0.25) is 0 Å². The standard InChI is InChI=1S/C13H20N2O2/c1-13(2,3)7-11(16)14-8-10-5-6-12(17)15(4)9-10/h5-6,9H,7-8H2,1-4H3,(H,14,16). The zero-order valence-electron chi connectivity index (χ0n) is 10.9. The van der Waals surface area contributed by atoms with E-state index in [2.05, 4.69) is 5.32 Å². The number of rotatable bonds is 3. The van der Waals surface area contributed by atoms with Gasteiger partial charge in [0.05, 0.1) is 0 Å². The Labute approximate surface area is 102 Å². The highest BCUT2D eigenvalue weighted by Crippen LogP contribution is 2.17. The second-order valence-corrected chi connectivity index (χ2v) is 5.50. The van der Waals surface area contributed by atoms with Crippen molar-refractivity contribution in [3.63, 3.8) is 0 Å². The average molecular weight is 236 g/mol. The van der Waals surface area contributed by atoms with E-state index in [0.717, 1.165) is 5.56 Å². The molecule has 1 rings (SSSR count). The Morgan fingerprint density at radius 2 is 2.00 bits per heavy atom. The molecule has 1 heterocycles. The Kier molecular flexibility index (Phi) is 4.10. The number of aryl methyl sites for hydroxylation is 1. The van der Waals surface area contributed by atoms with Crippen LogP contribution in [0.15, 0.2) is 23.1 Å². The minimum Gasteiger partial charge on any atom is -0.352 e. The van der Waals surface area contributed by atoms with E-state index in [-0.39, 0.29) is 16.9 Å². The van der Waals surface area contributed by atoms with Crippen molar-refractivity contribution in [3.8, 4) is 0 Å². The molecule has 1 N–H and O–H groups in total. The van der Waals surface area contributed by atoms with Crippen molar-refractivity contribution >= 4 is 5.91 Å². The lowest BCUT2D eigenvalue weighted by molar-refractivity contribution is -0.122. The van der Waals surface area contributed by atoms with Crippen molar-refractivity contribution in [2.75, 3.05) is 0 Å². The third kappa shape index (κ3) is 4.85. The van der Waals surface area contributed by atoms with Crippen LogP contribution in [0.4, 0.5) is 0 Å². The molecule has 0 aromatic carbocycles. The Morgan fingerprint density at radius 3 is 2.53 bits per heavy atom. The summed E-state index contributed by atoms with van der Waals surface area (Å²) in [5, 5.41) is 2.85. The lowest BCUT2D eigenvalue weighted by Gasteiger charge is -2.17. The maximum Gasteiger partial charge on any atom is 0.250 e. The van der Waals surface area contributed by atoms with Gasteiger partial charge in [0.15, 0.2) is 0 Å². The second-order valence-electron chi connectivity index (χ2n) is 5.50. The van der Waals surface area contributed by atoms with Gasteiger partial charge >= 0.3 is 0 Å². The molecule has 1 amide bonds. The van der Waals surface area contributed by atoms with Gasteiger partial charge in [-0.3, -0.25) is 9.59 Å². The first kappa shape index (κ1) is 13.5. The molecule has 0 unspecified atom stereocenters. The highest BCUT2D eigenvalue weighted by Gasteiger charge is 2.15. The van der Waals surface area contributed by atoms with Crippen LogP contribution >= 0.6 is 0 Å². The van der Waals surface area contributed by atoms with Crippen molar-refractivity contribution < 1.29 is 4.79 Å². The van der Waals surface area contributed by atoms with Crippen LogP contribution in [0.5, 0.6) is 0 Å². The van der Waals surface area contributed by atoms with Gasteiger partial charge in [-0.25, -0.2) is 0 Å². The van der Waals surface area contributed by atoms with Crippen LogP contribution in [-0.4, -0.2) is 10.5 Å². The van der Waals surface area contributed by atoms with Gasteiger partial charge in [0.25, 0.3) is 0 Å². The molecule has 0 aliphatic rings. The number of pyridine rings is 1. The zero-order valence-corrected chi connectivity index (χ0v) is 10.9. The zero-order chi connectivity index (χ0) is 13.1. The summed E-state index contributed by atoms with van der Waals surface area (Å²) in [6.45, 7) is 6.54. The van der Waals surface area contributed by atoms with Crippen LogP contribution in [0.25, 0.3) is 0 Å². The molecule has 0 saturated carbocycles. The molecule has 4 nitrogen and oxygen atoms in total. The maximum absolute atomic E-state index is 11.6. The fourth-order valence-corrected chi connectivity index (χ4v) is 1.50. The molecule has 0 aliphatic carbocycles. The largest absolute Gasteiger partial charge is 0.352 e. The summed E-state index contributed by atoms with van der Waals surface area (Å²) in [7, 11) is 1.70. The first-order chi connectivity index (χ1) is 7.78. The molecule has 0 bridgehead atoms. The van der Waals surface area contributed by atoms with E-state index < -0.39 is 0 Å². The molecule has 0 fully saturated rings. The quantitative estimate of drug-likeness (QED) is 0.863. The summed E-state index contributed by atoms with van der Waals surface area (Å²) in [6.07, 6.45) is 2.23. The number of carbonyl (C=O) groups is 1. The first-order valence-corrected chi connectivity index (χ1v) is 5.70. The molecule has 0 radical (unpaired) electrons. The number of aromatic nitrogens is 1. The molecule has 0 saturated heterocycles. The van der Waals surface area contributed by atoms with Crippen LogP contribution in [0, 0.1) is 5.41 Å². The van der Waals surface area contributed by atoms with E-state index >= 15 is 0 Å². The van der Waals surface area contributed by atoms with Crippen LogP contribution in [0.3, 0.4) is 0 Å². The van der Waals surface area contributed by atoms with Crippen molar-refractivity contribution in [2.45, 2.75) is 33.7 Å². The number of hydrogen-bond donors (Lipinski definition) is 1. The van der Waals surface area contributed by atoms with Gasteiger partial charge in [-0.05, 0) is 11.0 Å². The second kappa shape index (κ2) is 5.17. The lowest BCUT2D eigenvalue weighted by atomic mass is 9.92. The van der Waals surface area contributed by atoms with Crippen molar-refractivity contribution in [1.29, 1.82) is 0 Å². The third-order valence-electron chi connectivity index (χ3n) is 2.33. The van der Waals surface area contributed by atoms with Crippen molar-refractivity contribution in [1.82, 2.24) is 9.88 Å². The molecule has 94 valence electrons. The van der Waals surface area contributed by atoms with E-state index in [0.29, 0.717) is 13.0 Å². The molecule has 0 aliphatic heterocycles. The molecule has 1 aromatic heterocycles. The maximum atomic E-state index is 11.6. The normalized spacial score (nSPS) is 11.3. The summed E-state index contributed by atoms with van der Waals surface area (Å²) in [6, 6.07) is 3.24. The fourth-order valence-electron chi connectivity index (χ4n) is 1.50. The highest BCUT2D eigenvalue weighted by molar-refractivity contribution is 5.76. The summed E-state index contributed by atoms with van der Waals surface area (Å²) < 4.78 is 1.51. The third-order valence-corrected chi connectivity index (χ3v) is 2.33. The summed E-state index contributed by atoms with van der Waals surface area (Å²) in [5.41, 5.74) is 0.872. The van der Waals surface area contributed by atoms with Gasteiger partial charge in [-0.15, -0.1) is 0 Å². The van der Waals surface area contributed by atoms with E-state index in [1.807, 2.05) is 20.8 Å². The fraction of sp³-hybridized carbons (Fsp3) is 0.538. The summed E-state index contributed by atoms with van der Waals surface area (Å²) in [4.78, 5) is 22.8. The minimum atomic E-state index is -0.0465. The van der Waals surface area contributed by atoms with E-state index in [4.69, 9.17) is 0 Å². The first-order valence-electron chi connectivity index (χ1n) is 5.70. The Bertz CT molecular complexity index is 455. The van der Waals surface area contributed by atoms with Gasteiger partial charge in [-0.2, -0.15) is 0 Å². The van der Waals surface area contributed by atoms with Crippen molar-refractivity contribution in [2.24, 2.45) is 12.5 Å². The smallest absolute Gasteiger partial charge is 0.250 e. The van der Waals surface area contributed by atoms with Gasteiger partial charge in [0, 0.05) is 32.3 Å². The van der Waals surface area contributed by atoms with Crippen LogP contribution in [-0.2, 0) is 18.4 Å². The minimum absolute atomic E-state index is 0.00632.